The van der Waals surface area contributed by atoms with Crippen LogP contribution in [0.2, 0.25) is 0 Å². The first-order valence-corrected chi connectivity index (χ1v) is 10.5. The van der Waals surface area contributed by atoms with E-state index in [4.69, 9.17) is 9.47 Å². The van der Waals surface area contributed by atoms with Crippen molar-refractivity contribution >= 4 is 15.7 Å². The zero-order valence-corrected chi connectivity index (χ0v) is 15.2. The molecule has 0 saturated carbocycles. The molecule has 0 aliphatic carbocycles. The number of sulfone groups is 1. The number of carbonyl (C=O) groups excluding carboxylic acids is 1. The van der Waals surface area contributed by atoms with E-state index >= 15 is 0 Å². The molecule has 26 heavy (non-hydrogen) atoms. The van der Waals surface area contributed by atoms with Gasteiger partial charge in [-0.15, -0.1) is 0 Å². The summed E-state index contributed by atoms with van der Waals surface area (Å²) in [6.07, 6.45) is 3.63. The van der Waals surface area contributed by atoms with Crippen LogP contribution in [0.4, 0.5) is 4.39 Å². The van der Waals surface area contributed by atoms with Gasteiger partial charge in [0.15, 0.2) is 15.7 Å². The van der Waals surface area contributed by atoms with Crippen molar-refractivity contribution in [3.05, 3.63) is 18.2 Å². The Morgan fingerprint density at radius 1 is 1.35 bits per heavy atom. The molecular weight excluding hydrogens is 365 g/mol. The van der Waals surface area contributed by atoms with E-state index in [2.05, 4.69) is 5.10 Å². The highest BCUT2D eigenvalue weighted by Crippen LogP contribution is 2.34. The smallest absolute Gasteiger partial charge is 0.226 e. The van der Waals surface area contributed by atoms with Gasteiger partial charge in [-0.1, -0.05) is 0 Å². The number of rotatable bonds is 3. The van der Waals surface area contributed by atoms with E-state index in [9.17, 15) is 17.6 Å². The van der Waals surface area contributed by atoms with Gasteiger partial charge in [0.1, 0.15) is 10.9 Å². The van der Waals surface area contributed by atoms with Crippen molar-refractivity contribution in [3.63, 3.8) is 0 Å². The molecule has 10 heteroatoms. The summed E-state index contributed by atoms with van der Waals surface area (Å²) in [5, 5.41) is 3.03. The van der Waals surface area contributed by atoms with E-state index in [1.165, 1.54) is 4.68 Å². The second-order valence-electron chi connectivity index (χ2n) is 7.38. The van der Waals surface area contributed by atoms with Gasteiger partial charge < -0.3 is 14.4 Å². The van der Waals surface area contributed by atoms with Crippen LogP contribution in [0.3, 0.4) is 0 Å². The van der Waals surface area contributed by atoms with Crippen molar-refractivity contribution in [1.82, 2.24) is 14.7 Å². The van der Waals surface area contributed by atoms with Crippen molar-refractivity contribution in [2.45, 2.75) is 30.2 Å². The molecule has 1 atom stereocenters. The van der Waals surface area contributed by atoms with Crippen molar-refractivity contribution in [2.24, 2.45) is 5.92 Å². The Morgan fingerprint density at radius 2 is 2.08 bits per heavy atom. The van der Waals surface area contributed by atoms with E-state index in [0.29, 0.717) is 39.1 Å². The first kappa shape index (κ1) is 17.9. The van der Waals surface area contributed by atoms with Gasteiger partial charge in [0.2, 0.25) is 5.91 Å². The first-order chi connectivity index (χ1) is 12.4. The van der Waals surface area contributed by atoms with Gasteiger partial charge in [-0.25, -0.2) is 12.8 Å². The van der Waals surface area contributed by atoms with E-state index in [-0.39, 0.29) is 30.7 Å². The summed E-state index contributed by atoms with van der Waals surface area (Å²) in [6.45, 7) is 1.90. The van der Waals surface area contributed by atoms with Gasteiger partial charge in [-0.05, 0) is 12.8 Å². The standard InChI is InChI=1S/C16H22FN3O5S/c17-13-5-18-20(6-13)7-14-8-25-16(11-26(14,22)23)9-19(10-16)15(21)12-1-3-24-4-2-12/h5-6,12,14H,1-4,7-11H2/t14-/m0/s1. The lowest BCUT2D eigenvalue weighted by molar-refractivity contribution is -0.171. The fraction of sp³-hybridized carbons (Fsp3) is 0.750. The minimum atomic E-state index is -3.42. The zero-order chi connectivity index (χ0) is 18.4. The molecule has 1 aromatic heterocycles. The minimum Gasteiger partial charge on any atom is -0.381 e. The Hall–Kier alpha value is -1.52. The molecule has 3 aliphatic rings. The Labute approximate surface area is 151 Å². The SMILES string of the molecule is O=C(C1CCOCC1)N1CC2(C1)CS(=O)(=O)[C@@H](Cn1cc(F)cn1)CO2. The summed E-state index contributed by atoms with van der Waals surface area (Å²) in [7, 11) is -3.42. The number of amides is 1. The highest BCUT2D eigenvalue weighted by atomic mass is 32.2. The molecule has 3 fully saturated rings. The van der Waals surface area contributed by atoms with Crippen molar-refractivity contribution < 1.29 is 27.1 Å². The quantitative estimate of drug-likeness (QED) is 0.716. The predicted molar refractivity (Wildman–Crippen MR) is 88.6 cm³/mol. The molecule has 144 valence electrons. The average molecular weight is 387 g/mol. The van der Waals surface area contributed by atoms with Crippen molar-refractivity contribution in [2.75, 3.05) is 38.7 Å². The summed E-state index contributed by atoms with van der Waals surface area (Å²) < 4.78 is 50.7. The van der Waals surface area contributed by atoms with E-state index in [1.54, 1.807) is 4.90 Å². The Kier molecular flexibility index (Phi) is 4.52. The number of carbonyl (C=O) groups is 1. The Morgan fingerprint density at radius 3 is 2.69 bits per heavy atom. The lowest BCUT2D eigenvalue weighted by Crippen LogP contribution is -2.71. The van der Waals surface area contributed by atoms with Crippen LogP contribution in [0, 0.1) is 11.7 Å². The molecular formula is C16H22FN3O5S. The van der Waals surface area contributed by atoms with E-state index in [0.717, 1.165) is 12.4 Å². The molecule has 0 bridgehead atoms. The molecule has 0 N–H and O–H groups in total. The molecule has 0 unspecified atom stereocenters. The zero-order valence-electron chi connectivity index (χ0n) is 14.3. The van der Waals surface area contributed by atoms with Gasteiger partial charge in [0, 0.05) is 19.1 Å². The van der Waals surface area contributed by atoms with Crippen LogP contribution in [0.15, 0.2) is 12.4 Å². The first-order valence-electron chi connectivity index (χ1n) is 8.77. The van der Waals surface area contributed by atoms with E-state index < -0.39 is 26.5 Å². The topological polar surface area (TPSA) is 90.7 Å². The number of halogens is 1. The van der Waals surface area contributed by atoms with Gasteiger partial charge in [0.25, 0.3) is 0 Å². The third kappa shape index (κ3) is 3.37. The second kappa shape index (κ2) is 6.58. The predicted octanol–water partition coefficient (Wildman–Crippen LogP) is -0.157. The monoisotopic (exact) mass is 387 g/mol. The molecule has 8 nitrogen and oxygen atoms in total. The van der Waals surface area contributed by atoms with Crippen LogP contribution >= 0.6 is 0 Å². The van der Waals surface area contributed by atoms with Crippen LogP contribution in [0.25, 0.3) is 0 Å². The summed E-state index contributed by atoms with van der Waals surface area (Å²) in [6, 6.07) is 0. The van der Waals surface area contributed by atoms with Crippen LogP contribution in [0.1, 0.15) is 12.8 Å². The lowest BCUT2D eigenvalue weighted by Gasteiger charge is -2.53. The largest absolute Gasteiger partial charge is 0.381 e. The van der Waals surface area contributed by atoms with Crippen molar-refractivity contribution in [1.29, 1.82) is 0 Å². The highest BCUT2D eigenvalue weighted by molar-refractivity contribution is 7.92. The number of nitrogens with zero attached hydrogens (tertiary/aromatic N) is 3. The maximum atomic E-state index is 13.0. The van der Waals surface area contributed by atoms with Crippen LogP contribution in [-0.4, -0.2) is 78.5 Å². The van der Waals surface area contributed by atoms with Crippen molar-refractivity contribution in [3.8, 4) is 0 Å². The summed E-state index contributed by atoms with van der Waals surface area (Å²) in [5.74, 6) is -0.596. The van der Waals surface area contributed by atoms with Crippen LogP contribution in [-0.2, 0) is 30.7 Å². The second-order valence-corrected chi connectivity index (χ2v) is 9.67. The lowest BCUT2D eigenvalue weighted by atomic mass is 9.91. The molecule has 4 rings (SSSR count). The molecule has 0 aromatic carbocycles. The molecule has 3 saturated heterocycles. The normalized spacial score (nSPS) is 28.0. The molecule has 1 amide bonds. The van der Waals surface area contributed by atoms with Gasteiger partial charge >= 0.3 is 0 Å². The van der Waals surface area contributed by atoms with Crippen LogP contribution < -0.4 is 0 Å². The summed E-state index contributed by atoms with van der Waals surface area (Å²) in [4.78, 5) is 14.2. The molecule has 1 aromatic rings. The summed E-state index contributed by atoms with van der Waals surface area (Å²) >= 11 is 0. The maximum Gasteiger partial charge on any atom is 0.226 e. The number of aromatic nitrogens is 2. The van der Waals surface area contributed by atoms with Gasteiger partial charge in [0.05, 0.1) is 44.4 Å². The third-order valence-electron chi connectivity index (χ3n) is 5.38. The van der Waals surface area contributed by atoms with Gasteiger partial charge in [-0.3, -0.25) is 9.48 Å². The Bertz CT molecular complexity index is 784. The number of hydrogen-bond acceptors (Lipinski definition) is 6. The molecule has 3 aliphatic heterocycles. The summed E-state index contributed by atoms with van der Waals surface area (Å²) in [5.41, 5.74) is -0.800. The Balaban J connectivity index is 1.35. The van der Waals surface area contributed by atoms with Gasteiger partial charge in [-0.2, -0.15) is 5.10 Å². The average Bonchev–Trinajstić information content (AvgIpc) is 2.99. The fourth-order valence-electron chi connectivity index (χ4n) is 3.90. The minimum absolute atomic E-state index is 0.0309. The van der Waals surface area contributed by atoms with E-state index in [1.807, 2.05) is 0 Å². The number of hydrogen-bond donors (Lipinski definition) is 0. The molecule has 1 spiro atoms. The third-order valence-corrected chi connectivity index (χ3v) is 7.61. The maximum absolute atomic E-state index is 13.0. The molecule has 4 heterocycles. The van der Waals surface area contributed by atoms with Crippen LogP contribution in [0.5, 0.6) is 0 Å². The highest BCUT2D eigenvalue weighted by Gasteiger charge is 2.54. The number of ether oxygens (including phenoxy) is 2. The fourth-order valence-corrected chi connectivity index (χ4v) is 5.79. The number of likely N-dealkylation sites (tertiary alicyclic amines) is 1. The molecule has 0 radical (unpaired) electrons.